The van der Waals surface area contributed by atoms with Gasteiger partial charge in [-0.05, 0) is 38.3 Å². The molecule has 0 radical (unpaired) electrons. The normalized spacial score (nSPS) is 15.5. The SMILES string of the molecule is [C-]#[N+]c1c(C)nc(SCc2csc(-c3ccc(C(=O)O)cc3)n2)c(C#N)c1C1CCCCO1. The molecule has 3 heterocycles. The largest absolute Gasteiger partial charge is 0.478 e. The molecule has 0 spiro atoms. The molecular formula is C24H20N4O3S2. The second-order valence-electron chi connectivity index (χ2n) is 7.53. The van der Waals surface area contributed by atoms with E-state index in [2.05, 4.69) is 20.9 Å². The maximum Gasteiger partial charge on any atom is 0.335 e. The summed E-state index contributed by atoms with van der Waals surface area (Å²) in [6, 6.07) is 8.89. The number of benzene rings is 1. The molecule has 0 aliphatic carbocycles. The molecule has 1 aliphatic heterocycles. The van der Waals surface area contributed by atoms with Gasteiger partial charge >= 0.3 is 5.97 Å². The number of rotatable bonds is 6. The standard InChI is InChI=1S/C24H20N4O3S2/c1-14-21(26-2)20(19-5-3-4-10-31-19)18(11-25)23(27-14)33-13-17-12-32-22(28-17)15-6-8-16(9-7-15)24(29)30/h6-9,12,19H,3-5,10,13H2,1H3,(H,29,30). The Balaban J connectivity index is 1.58. The number of thioether (sulfide) groups is 1. The van der Waals surface area contributed by atoms with Crippen molar-refractivity contribution in [2.45, 2.75) is 43.1 Å². The Morgan fingerprint density at radius 1 is 1.36 bits per heavy atom. The predicted molar refractivity (Wildman–Crippen MR) is 127 cm³/mol. The molecule has 33 heavy (non-hydrogen) atoms. The van der Waals surface area contributed by atoms with Crippen molar-refractivity contribution in [2.75, 3.05) is 6.61 Å². The summed E-state index contributed by atoms with van der Waals surface area (Å²) in [7, 11) is 0. The first-order chi connectivity index (χ1) is 16.0. The van der Waals surface area contributed by atoms with Crippen molar-refractivity contribution >= 4 is 34.8 Å². The molecule has 3 aromatic rings. The van der Waals surface area contributed by atoms with Crippen molar-refractivity contribution in [3.05, 3.63) is 69.1 Å². The number of carboxylic acids is 1. The zero-order valence-corrected chi connectivity index (χ0v) is 19.5. The number of thiazole rings is 1. The van der Waals surface area contributed by atoms with Crippen molar-refractivity contribution in [1.29, 1.82) is 5.26 Å². The van der Waals surface area contributed by atoms with Crippen LogP contribution in [-0.2, 0) is 10.5 Å². The third kappa shape index (κ3) is 4.91. The molecule has 1 unspecified atom stereocenters. The van der Waals surface area contributed by atoms with Crippen LogP contribution in [0.25, 0.3) is 15.4 Å². The topological polar surface area (TPSA) is 100 Å². The van der Waals surface area contributed by atoms with E-state index in [-0.39, 0.29) is 11.7 Å². The molecule has 1 atom stereocenters. The van der Waals surface area contributed by atoms with Crippen LogP contribution >= 0.6 is 23.1 Å². The van der Waals surface area contributed by atoms with Gasteiger partial charge in [0.05, 0.1) is 29.5 Å². The van der Waals surface area contributed by atoms with Crippen LogP contribution in [0.2, 0.25) is 0 Å². The number of nitriles is 1. The average molecular weight is 477 g/mol. The molecule has 0 amide bonds. The van der Waals surface area contributed by atoms with Crippen molar-refractivity contribution in [2.24, 2.45) is 0 Å². The third-order valence-corrected chi connectivity index (χ3v) is 7.31. The van der Waals surface area contributed by atoms with E-state index < -0.39 is 5.97 Å². The summed E-state index contributed by atoms with van der Waals surface area (Å²) in [5.74, 6) is -0.441. The predicted octanol–water partition coefficient (Wildman–Crippen LogP) is 6.17. The highest BCUT2D eigenvalue weighted by molar-refractivity contribution is 7.98. The summed E-state index contributed by atoms with van der Waals surface area (Å²) in [5, 5.41) is 22.3. The summed E-state index contributed by atoms with van der Waals surface area (Å²) >= 11 is 2.91. The summed E-state index contributed by atoms with van der Waals surface area (Å²) in [6.07, 6.45) is 2.54. The Hall–Kier alpha value is -3.24. The summed E-state index contributed by atoms with van der Waals surface area (Å²) in [6.45, 7) is 10.0. The lowest BCUT2D eigenvalue weighted by Crippen LogP contribution is -2.14. The van der Waals surface area contributed by atoms with E-state index >= 15 is 0 Å². The smallest absolute Gasteiger partial charge is 0.335 e. The Kier molecular flexibility index (Phi) is 7.05. The first kappa shape index (κ1) is 22.9. The lowest BCUT2D eigenvalue weighted by molar-refractivity contribution is 0.0151. The molecule has 1 aromatic carbocycles. The summed E-state index contributed by atoms with van der Waals surface area (Å²) < 4.78 is 5.92. The maximum atomic E-state index is 11.0. The van der Waals surface area contributed by atoms with Gasteiger partial charge in [-0.15, -0.1) is 11.3 Å². The number of nitrogens with zero attached hydrogens (tertiary/aromatic N) is 4. The number of pyridine rings is 1. The van der Waals surface area contributed by atoms with E-state index in [1.807, 2.05) is 5.38 Å². The molecule has 0 bridgehead atoms. The number of carboxylic acid groups (broad SMARTS) is 1. The van der Waals surface area contributed by atoms with Gasteiger partial charge in [-0.1, -0.05) is 23.9 Å². The zero-order valence-electron chi connectivity index (χ0n) is 17.9. The van der Waals surface area contributed by atoms with Gasteiger partial charge < -0.3 is 9.84 Å². The van der Waals surface area contributed by atoms with Gasteiger partial charge in [0.1, 0.15) is 16.1 Å². The number of hydrogen-bond donors (Lipinski definition) is 1. The van der Waals surface area contributed by atoms with Crippen molar-refractivity contribution in [1.82, 2.24) is 9.97 Å². The zero-order chi connectivity index (χ0) is 23.4. The van der Waals surface area contributed by atoms with Gasteiger partial charge in [0.25, 0.3) is 0 Å². The monoisotopic (exact) mass is 476 g/mol. The Morgan fingerprint density at radius 3 is 2.79 bits per heavy atom. The van der Waals surface area contributed by atoms with Crippen molar-refractivity contribution in [3.8, 4) is 16.6 Å². The third-order valence-electron chi connectivity index (χ3n) is 5.36. The van der Waals surface area contributed by atoms with Gasteiger partial charge in [0.2, 0.25) is 5.69 Å². The van der Waals surface area contributed by atoms with Crippen LogP contribution in [0.3, 0.4) is 0 Å². The molecule has 166 valence electrons. The number of ether oxygens (including phenoxy) is 1. The van der Waals surface area contributed by atoms with E-state index in [0.717, 1.165) is 35.5 Å². The van der Waals surface area contributed by atoms with Crippen LogP contribution in [-0.4, -0.2) is 27.7 Å². The minimum absolute atomic E-state index is 0.233. The highest BCUT2D eigenvalue weighted by Crippen LogP contribution is 2.41. The second kappa shape index (κ2) is 10.1. The highest BCUT2D eigenvalue weighted by Gasteiger charge is 2.27. The fraction of sp³-hybridized carbons (Fsp3) is 0.292. The summed E-state index contributed by atoms with van der Waals surface area (Å²) in [4.78, 5) is 23.9. The minimum Gasteiger partial charge on any atom is -0.478 e. The van der Waals surface area contributed by atoms with E-state index in [1.54, 1.807) is 31.2 Å². The number of hydrogen-bond acceptors (Lipinski definition) is 7. The van der Waals surface area contributed by atoms with Crippen LogP contribution in [0, 0.1) is 24.8 Å². The van der Waals surface area contributed by atoms with E-state index in [4.69, 9.17) is 16.4 Å². The first-order valence-electron chi connectivity index (χ1n) is 10.4. The van der Waals surface area contributed by atoms with Crippen LogP contribution in [0.4, 0.5) is 5.69 Å². The van der Waals surface area contributed by atoms with Gasteiger partial charge in [0.15, 0.2) is 0 Å². The molecule has 1 aliphatic rings. The molecular weight excluding hydrogens is 456 g/mol. The molecule has 1 saturated heterocycles. The van der Waals surface area contributed by atoms with Crippen molar-refractivity contribution < 1.29 is 14.6 Å². The number of aromatic nitrogens is 2. The van der Waals surface area contributed by atoms with E-state index in [1.165, 1.54) is 23.1 Å². The van der Waals surface area contributed by atoms with Crippen LogP contribution in [0.1, 0.15) is 58.2 Å². The number of aromatic carboxylic acids is 1. The molecule has 0 saturated carbocycles. The number of carbonyl (C=O) groups is 1. The quantitative estimate of drug-likeness (QED) is 0.335. The fourth-order valence-corrected chi connectivity index (χ4v) is 5.59. The van der Waals surface area contributed by atoms with E-state index in [0.29, 0.717) is 39.9 Å². The second-order valence-corrected chi connectivity index (χ2v) is 9.36. The first-order valence-corrected chi connectivity index (χ1v) is 12.2. The Morgan fingerprint density at radius 2 is 2.15 bits per heavy atom. The maximum absolute atomic E-state index is 11.0. The molecule has 7 nitrogen and oxygen atoms in total. The molecule has 2 aromatic heterocycles. The molecule has 9 heteroatoms. The lowest BCUT2D eigenvalue weighted by Gasteiger charge is -2.26. The van der Waals surface area contributed by atoms with Gasteiger partial charge in [0, 0.05) is 34.6 Å². The minimum atomic E-state index is -0.962. The average Bonchev–Trinajstić information content (AvgIpc) is 3.32. The van der Waals surface area contributed by atoms with Gasteiger partial charge in [-0.2, -0.15) is 5.26 Å². The molecule has 4 rings (SSSR count). The van der Waals surface area contributed by atoms with Crippen LogP contribution in [0.15, 0.2) is 34.7 Å². The Labute approximate surface area is 199 Å². The van der Waals surface area contributed by atoms with Crippen molar-refractivity contribution in [3.63, 3.8) is 0 Å². The lowest BCUT2D eigenvalue weighted by atomic mass is 9.96. The van der Waals surface area contributed by atoms with Gasteiger partial charge in [-0.25, -0.2) is 14.6 Å². The highest BCUT2D eigenvalue weighted by atomic mass is 32.2. The van der Waals surface area contributed by atoms with Crippen LogP contribution < -0.4 is 0 Å². The van der Waals surface area contributed by atoms with Gasteiger partial charge in [-0.3, -0.25) is 4.98 Å². The summed E-state index contributed by atoms with van der Waals surface area (Å²) in [5.41, 5.74) is 4.04. The molecule has 1 fully saturated rings. The fourth-order valence-electron chi connectivity index (χ4n) is 3.73. The number of aryl methyl sites for hydroxylation is 1. The van der Waals surface area contributed by atoms with Crippen LogP contribution in [0.5, 0.6) is 0 Å². The molecule has 1 N–H and O–H groups in total. The Bertz CT molecular complexity index is 1270. The van der Waals surface area contributed by atoms with E-state index in [9.17, 15) is 10.1 Å².